The lowest BCUT2D eigenvalue weighted by atomic mass is 10.0. The predicted molar refractivity (Wildman–Crippen MR) is 93.0 cm³/mol. The second-order valence-corrected chi connectivity index (χ2v) is 8.42. The minimum absolute atomic E-state index is 0.126. The van der Waals surface area contributed by atoms with Crippen LogP contribution in [0.4, 0.5) is 4.39 Å². The maximum atomic E-state index is 13.3. The third kappa shape index (κ3) is 3.49. The third-order valence-electron chi connectivity index (χ3n) is 5.11. The fourth-order valence-electron chi connectivity index (χ4n) is 4.13. The van der Waals surface area contributed by atoms with Crippen LogP contribution >= 0.6 is 11.3 Å². The molecule has 1 aromatic carbocycles. The van der Waals surface area contributed by atoms with E-state index in [-0.39, 0.29) is 5.82 Å². The maximum Gasteiger partial charge on any atom is 0.123 e. The summed E-state index contributed by atoms with van der Waals surface area (Å²) in [6.45, 7) is 8.90. The second kappa shape index (κ2) is 6.34. The van der Waals surface area contributed by atoms with Crippen LogP contribution in [-0.4, -0.2) is 36.0 Å². The van der Waals surface area contributed by atoms with Crippen LogP contribution in [0.1, 0.15) is 15.3 Å². The SMILES string of the molecule is Cc1ccc(CN2CC3CN(Cc4cccc(F)c4)CC3C2)s1. The number of hydrogen-bond donors (Lipinski definition) is 0. The van der Waals surface area contributed by atoms with Gasteiger partial charge in [-0.15, -0.1) is 11.3 Å². The zero-order valence-electron chi connectivity index (χ0n) is 13.5. The summed E-state index contributed by atoms with van der Waals surface area (Å²) in [5.74, 6) is 1.44. The summed E-state index contributed by atoms with van der Waals surface area (Å²) in [6.07, 6.45) is 0. The van der Waals surface area contributed by atoms with Gasteiger partial charge in [-0.2, -0.15) is 0 Å². The molecular weight excluding hydrogens is 307 g/mol. The molecule has 0 N–H and O–H groups in total. The number of benzene rings is 1. The number of halogens is 1. The monoisotopic (exact) mass is 330 g/mol. The number of likely N-dealkylation sites (tertiary alicyclic amines) is 2. The van der Waals surface area contributed by atoms with Gasteiger partial charge in [0.2, 0.25) is 0 Å². The Morgan fingerprint density at radius 2 is 1.70 bits per heavy atom. The Balaban J connectivity index is 1.31. The molecule has 23 heavy (non-hydrogen) atoms. The number of hydrogen-bond acceptors (Lipinski definition) is 3. The zero-order valence-corrected chi connectivity index (χ0v) is 14.4. The molecular formula is C19H23FN2S. The minimum Gasteiger partial charge on any atom is -0.298 e. The average molecular weight is 330 g/mol. The highest BCUT2D eigenvalue weighted by molar-refractivity contribution is 7.11. The molecule has 2 aliphatic rings. The molecule has 3 heterocycles. The molecule has 2 fully saturated rings. The summed E-state index contributed by atoms with van der Waals surface area (Å²) < 4.78 is 13.3. The van der Waals surface area contributed by atoms with Crippen molar-refractivity contribution < 1.29 is 4.39 Å². The molecule has 2 atom stereocenters. The Bertz CT molecular complexity index is 670. The standard InChI is InChI=1S/C19H23FN2S/c1-14-5-6-19(23-14)13-22-11-16-9-21(10-17(16)12-22)8-15-3-2-4-18(20)7-15/h2-7,16-17H,8-13H2,1H3. The van der Waals surface area contributed by atoms with Gasteiger partial charge in [0.1, 0.15) is 5.82 Å². The number of aryl methyl sites for hydroxylation is 1. The van der Waals surface area contributed by atoms with Gasteiger partial charge < -0.3 is 0 Å². The van der Waals surface area contributed by atoms with Crippen LogP contribution in [-0.2, 0) is 13.1 Å². The van der Waals surface area contributed by atoms with Gasteiger partial charge in [0, 0.05) is 49.0 Å². The summed E-state index contributed by atoms with van der Waals surface area (Å²) in [4.78, 5) is 8.00. The van der Waals surface area contributed by atoms with Crippen molar-refractivity contribution >= 4 is 11.3 Å². The number of rotatable bonds is 4. The quantitative estimate of drug-likeness (QED) is 0.842. The van der Waals surface area contributed by atoms with Crippen LogP contribution in [0.5, 0.6) is 0 Å². The first-order valence-electron chi connectivity index (χ1n) is 8.40. The molecule has 2 saturated heterocycles. The average Bonchev–Trinajstić information content (AvgIpc) is 3.14. The topological polar surface area (TPSA) is 6.48 Å². The third-order valence-corrected chi connectivity index (χ3v) is 6.09. The van der Waals surface area contributed by atoms with E-state index in [4.69, 9.17) is 0 Å². The van der Waals surface area contributed by atoms with Crippen molar-refractivity contribution in [2.75, 3.05) is 26.2 Å². The first kappa shape index (κ1) is 15.3. The first-order valence-corrected chi connectivity index (χ1v) is 9.22. The Morgan fingerprint density at radius 3 is 2.30 bits per heavy atom. The molecule has 2 unspecified atom stereocenters. The van der Waals surface area contributed by atoms with Gasteiger partial charge in [0.25, 0.3) is 0 Å². The van der Waals surface area contributed by atoms with E-state index in [0.29, 0.717) is 0 Å². The van der Waals surface area contributed by atoms with Crippen molar-refractivity contribution in [2.24, 2.45) is 11.8 Å². The smallest absolute Gasteiger partial charge is 0.123 e. The molecule has 0 amide bonds. The fourth-order valence-corrected chi connectivity index (χ4v) is 5.06. The van der Waals surface area contributed by atoms with E-state index >= 15 is 0 Å². The van der Waals surface area contributed by atoms with Gasteiger partial charge in [-0.25, -0.2) is 4.39 Å². The summed E-state index contributed by atoms with van der Waals surface area (Å²) in [5, 5.41) is 0. The fraction of sp³-hybridized carbons (Fsp3) is 0.474. The molecule has 0 bridgehead atoms. The van der Waals surface area contributed by atoms with E-state index in [1.165, 1.54) is 28.9 Å². The molecule has 4 heteroatoms. The van der Waals surface area contributed by atoms with Crippen LogP contribution in [0, 0.1) is 24.6 Å². The predicted octanol–water partition coefficient (Wildman–Crippen LogP) is 3.76. The molecule has 2 aliphatic heterocycles. The highest BCUT2D eigenvalue weighted by Crippen LogP contribution is 2.33. The highest BCUT2D eigenvalue weighted by atomic mass is 32.1. The minimum atomic E-state index is -0.126. The van der Waals surface area contributed by atoms with Crippen LogP contribution in [0.3, 0.4) is 0 Å². The molecule has 0 spiro atoms. The van der Waals surface area contributed by atoms with Crippen LogP contribution in [0.15, 0.2) is 36.4 Å². The van der Waals surface area contributed by atoms with E-state index in [2.05, 4.69) is 28.9 Å². The molecule has 2 aromatic rings. The van der Waals surface area contributed by atoms with E-state index in [1.54, 1.807) is 6.07 Å². The van der Waals surface area contributed by atoms with E-state index < -0.39 is 0 Å². The van der Waals surface area contributed by atoms with Crippen molar-refractivity contribution in [3.05, 3.63) is 57.5 Å². The summed E-state index contributed by atoms with van der Waals surface area (Å²) in [7, 11) is 0. The van der Waals surface area contributed by atoms with E-state index in [1.807, 2.05) is 23.5 Å². The molecule has 0 radical (unpaired) electrons. The molecule has 4 rings (SSSR count). The highest BCUT2D eigenvalue weighted by Gasteiger charge is 2.39. The van der Waals surface area contributed by atoms with E-state index in [0.717, 1.165) is 43.6 Å². The lowest BCUT2D eigenvalue weighted by molar-refractivity contribution is 0.247. The number of thiophene rings is 1. The largest absolute Gasteiger partial charge is 0.298 e. The zero-order chi connectivity index (χ0) is 15.8. The lowest BCUT2D eigenvalue weighted by Crippen LogP contribution is -2.28. The Kier molecular flexibility index (Phi) is 4.22. The molecule has 0 aliphatic carbocycles. The Labute approximate surface area is 141 Å². The number of fused-ring (bicyclic) bond motifs is 1. The van der Waals surface area contributed by atoms with Gasteiger partial charge in [-0.1, -0.05) is 12.1 Å². The van der Waals surface area contributed by atoms with Crippen LogP contribution < -0.4 is 0 Å². The van der Waals surface area contributed by atoms with Crippen LogP contribution in [0.25, 0.3) is 0 Å². The molecule has 1 aromatic heterocycles. The molecule has 0 saturated carbocycles. The van der Waals surface area contributed by atoms with Crippen LogP contribution in [0.2, 0.25) is 0 Å². The number of nitrogens with zero attached hydrogens (tertiary/aromatic N) is 2. The summed E-state index contributed by atoms with van der Waals surface area (Å²) in [6, 6.07) is 11.5. The normalized spacial score (nSPS) is 25.1. The van der Waals surface area contributed by atoms with Crippen molar-refractivity contribution in [2.45, 2.75) is 20.0 Å². The Hall–Kier alpha value is -1.23. The van der Waals surface area contributed by atoms with Gasteiger partial charge in [-0.3, -0.25) is 9.80 Å². The van der Waals surface area contributed by atoms with Gasteiger partial charge in [0.05, 0.1) is 0 Å². The molecule has 2 nitrogen and oxygen atoms in total. The van der Waals surface area contributed by atoms with Crippen molar-refractivity contribution in [3.8, 4) is 0 Å². The lowest BCUT2D eigenvalue weighted by Gasteiger charge is -2.21. The van der Waals surface area contributed by atoms with E-state index in [9.17, 15) is 4.39 Å². The summed E-state index contributed by atoms with van der Waals surface area (Å²) >= 11 is 1.92. The first-order chi connectivity index (χ1) is 11.2. The second-order valence-electron chi connectivity index (χ2n) is 7.05. The van der Waals surface area contributed by atoms with Crippen molar-refractivity contribution in [1.82, 2.24) is 9.80 Å². The summed E-state index contributed by atoms with van der Waals surface area (Å²) in [5.41, 5.74) is 1.09. The molecule has 122 valence electrons. The van der Waals surface area contributed by atoms with Crippen molar-refractivity contribution in [3.63, 3.8) is 0 Å². The van der Waals surface area contributed by atoms with Gasteiger partial charge in [0.15, 0.2) is 0 Å². The maximum absolute atomic E-state index is 13.3. The van der Waals surface area contributed by atoms with Gasteiger partial charge >= 0.3 is 0 Å². The van der Waals surface area contributed by atoms with Gasteiger partial charge in [-0.05, 0) is 48.6 Å². The Morgan fingerprint density at radius 1 is 1.00 bits per heavy atom. The van der Waals surface area contributed by atoms with Crippen molar-refractivity contribution in [1.29, 1.82) is 0 Å².